The molecule has 0 radical (unpaired) electrons. The van der Waals surface area contributed by atoms with Gasteiger partial charge in [0.25, 0.3) is 0 Å². The molecular formula is C15H22Cl3N. The third-order valence-corrected chi connectivity index (χ3v) is 3.91. The Kier molecular flexibility index (Phi) is 5.23. The molecule has 0 saturated carbocycles. The highest BCUT2D eigenvalue weighted by Gasteiger charge is 2.32. The standard InChI is InChI=1S/C15H21Cl2N.ClH/c1-14(2,16)12-6-5-10-7-8-18-9-11(10)13(12)15(3,4)17;/h5-6,18H,7-9H2,1-4H3;1H. The van der Waals surface area contributed by atoms with Crippen LogP contribution in [0.2, 0.25) is 0 Å². The highest BCUT2D eigenvalue weighted by Crippen LogP contribution is 2.42. The SMILES string of the molecule is CC(C)(Cl)c1ccc2c(c1C(C)(C)Cl)CNCC2.Cl. The quantitative estimate of drug-likeness (QED) is 0.778. The molecule has 1 aliphatic heterocycles. The van der Waals surface area contributed by atoms with Crippen LogP contribution in [0.5, 0.6) is 0 Å². The van der Waals surface area contributed by atoms with Gasteiger partial charge in [-0.05, 0) is 62.9 Å². The summed E-state index contributed by atoms with van der Waals surface area (Å²) >= 11 is 13.2. The van der Waals surface area contributed by atoms with E-state index in [1.165, 1.54) is 16.7 Å². The summed E-state index contributed by atoms with van der Waals surface area (Å²) < 4.78 is 0. The van der Waals surface area contributed by atoms with Crippen molar-refractivity contribution < 1.29 is 0 Å². The van der Waals surface area contributed by atoms with Crippen LogP contribution in [0.1, 0.15) is 49.9 Å². The van der Waals surface area contributed by atoms with Gasteiger partial charge in [-0.1, -0.05) is 12.1 Å². The zero-order chi connectivity index (χ0) is 13.6. The van der Waals surface area contributed by atoms with Crippen LogP contribution in [-0.4, -0.2) is 6.54 Å². The molecule has 0 unspecified atom stereocenters. The Balaban J connectivity index is 0.00000180. The first-order valence-corrected chi connectivity index (χ1v) is 7.21. The Morgan fingerprint density at radius 3 is 2.21 bits per heavy atom. The molecule has 0 aliphatic carbocycles. The second kappa shape index (κ2) is 5.81. The van der Waals surface area contributed by atoms with E-state index in [1.54, 1.807) is 0 Å². The van der Waals surface area contributed by atoms with Gasteiger partial charge in [0.15, 0.2) is 0 Å². The average Bonchev–Trinajstić information content (AvgIpc) is 2.24. The molecular weight excluding hydrogens is 301 g/mol. The Hall–Kier alpha value is 0.0500. The minimum Gasteiger partial charge on any atom is -0.312 e. The van der Waals surface area contributed by atoms with Crippen molar-refractivity contribution in [2.24, 2.45) is 0 Å². The van der Waals surface area contributed by atoms with E-state index in [4.69, 9.17) is 23.2 Å². The molecule has 0 fully saturated rings. The van der Waals surface area contributed by atoms with Gasteiger partial charge in [-0.25, -0.2) is 0 Å². The zero-order valence-corrected chi connectivity index (χ0v) is 14.3. The van der Waals surface area contributed by atoms with E-state index in [0.717, 1.165) is 25.1 Å². The van der Waals surface area contributed by atoms with Crippen molar-refractivity contribution in [1.82, 2.24) is 5.32 Å². The summed E-state index contributed by atoms with van der Waals surface area (Å²) in [5.74, 6) is 0. The van der Waals surface area contributed by atoms with Crippen molar-refractivity contribution in [1.29, 1.82) is 0 Å². The largest absolute Gasteiger partial charge is 0.312 e. The van der Waals surface area contributed by atoms with Crippen LogP contribution in [0, 0.1) is 0 Å². The predicted octanol–water partition coefficient (Wildman–Crippen LogP) is 4.70. The molecule has 1 N–H and O–H groups in total. The van der Waals surface area contributed by atoms with Gasteiger partial charge in [-0.2, -0.15) is 0 Å². The fourth-order valence-electron chi connectivity index (χ4n) is 2.74. The number of hydrogen-bond acceptors (Lipinski definition) is 1. The zero-order valence-electron chi connectivity index (χ0n) is 11.9. The molecule has 1 nitrogen and oxygen atoms in total. The van der Waals surface area contributed by atoms with Crippen molar-refractivity contribution in [3.63, 3.8) is 0 Å². The monoisotopic (exact) mass is 321 g/mol. The Labute approximate surface area is 132 Å². The van der Waals surface area contributed by atoms with Crippen LogP contribution in [0.4, 0.5) is 0 Å². The van der Waals surface area contributed by atoms with Crippen molar-refractivity contribution in [3.8, 4) is 0 Å². The van der Waals surface area contributed by atoms with Gasteiger partial charge in [-0.3, -0.25) is 0 Å². The lowest BCUT2D eigenvalue weighted by atomic mass is 9.82. The first-order chi connectivity index (χ1) is 8.21. The van der Waals surface area contributed by atoms with Crippen LogP contribution in [0.15, 0.2) is 12.1 Å². The van der Waals surface area contributed by atoms with Crippen molar-refractivity contribution in [2.75, 3.05) is 6.54 Å². The van der Waals surface area contributed by atoms with Crippen LogP contribution in [0.3, 0.4) is 0 Å². The molecule has 0 saturated heterocycles. The molecule has 1 aliphatic rings. The summed E-state index contributed by atoms with van der Waals surface area (Å²) in [6, 6.07) is 4.36. The van der Waals surface area contributed by atoms with Crippen molar-refractivity contribution in [2.45, 2.75) is 50.4 Å². The molecule has 1 aromatic rings. The third kappa shape index (κ3) is 3.58. The highest BCUT2D eigenvalue weighted by atomic mass is 35.5. The maximum absolute atomic E-state index is 6.62. The summed E-state index contributed by atoms with van der Waals surface area (Å²) in [6.07, 6.45) is 1.07. The van der Waals surface area contributed by atoms with Crippen LogP contribution in [-0.2, 0) is 22.7 Å². The minimum absolute atomic E-state index is 0. The number of nitrogens with one attached hydrogen (secondary N) is 1. The van der Waals surface area contributed by atoms with Crippen molar-refractivity contribution in [3.05, 3.63) is 34.4 Å². The molecule has 19 heavy (non-hydrogen) atoms. The Morgan fingerprint density at radius 2 is 1.68 bits per heavy atom. The van der Waals surface area contributed by atoms with Crippen molar-refractivity contribution >= 4 is 35.6 Å². The number of hydrogen-bond donors (Lipinski definition) is 1. The molecule has 0 spiro atoms. The third-order valence-electron chi connectivity index (χ3n) is 3.52. The van der Waals surface area contributed by atoms with Gasteiger partial charge in [0.05, 0.1) is 9.75 Å². The maximum atomic E-state index is 6.62. The smallest absolute Gasteiger partial charge is 0.0645 e. The summed E-state index contributed by atoms with van der Waals surface area (Å²) in [6.45, 7) is 10.1. The summed E-state index contributed by atoms with van der Waals surface area (Å²) in [5, 5.41) is 3.43. The predicted molar refractivity (Wildman–Crippen MR) is 86.9 cm³/mol. The molecule has 0 amide bonds. The van der Waals surface area contributed by atoms with Gasteiger partial charge in [0.2, 0.25) is 0 Å². The normalized spacial score (nSPS) is 15.7. The fourth-order valence-corrected chi connectivity index (χ4v) is 3.11. The van der Waals surface area contributed by atoms with E-state index in [9.17, 15) is 0 Å². The summed E-state index contributed by atoms with van der Waals surface area (Å²) in [4.78, 5) is -0.792. The van der Waals surface area contributed by atoms with Gasteiger partial charge in [-0.15, -0.1) is 35.6 Å². The Morgan fingerprint density at radius 1 is 1.05 bits per heavy atom. The number of fused-ring (bicyclic) bond motifs is 1. The van der Waals surface area contributed by atoms with E-state index in [-0.39, 0.29) is 12.4 Å². The van der Waals surface area contributed by atoms with Gasteiger partial charge in [0.1, 0.15) is 0 Å². The lowest BCUT2D eigenvalue weighted by Crippen LogP contribution is -2.29. The number of benzene rings is 1. The lowest BCUT2D eigenvalue weighted by molar-refractivity contribution is 0.610. The average molecular weight is 323 g/mol. The summed E-state index contributed by atoms with van der Waals surface area (Å²) in [7, 11) is 0. The topological polar surface area (TPSA) is 12.0 Å². The molecule has 4 heteroatoms. The van der Waals surface area contributed by atoms with Gasteiger partial charge in [0, 0.05) is 6.54 Å². The van der Waals surface area contributed by atoms with E-state index in [0.29, 0.717) is 0 Å². The molecule has 108 valence electrons. The number of alkyl halides is 2. The minimum atomic E-state index is -0.397. The van der Waals surface area contributed by atoms with Crippen LogP contribution in [0.25, 0.3) is 0 Å². The number of rotatable bonds is 2. The molecule has 0 aromatic heterocycles. The van der Waals surface area contributed by atoms with Gasteiger partial charge >= 0.3 is 0 Å². The van der Waals surface area contributed by atoms with E-state index < -0.39 is 9.75 Å². The first kappa shape index (κ1) is 17.1. The molecule has 0 bridgehead atoms. The van der Waals surface area contributed by atoms with Crippen LogP contribution >= 0.6 is 35.6 Å². The highest BCUT2D eigenvalue weighted by molar-refractivity contribution is 6.25. The molecule has 2 rings (SSSR count). The van der Waals surface area contributed by atoms with Crippen LogP contribution < -0.4 is 5.32 Å². The second-order valence-corrected chi connectivity index (χ2v) is 7.89. The molecule has 1 heterocycles. The first-order valence-electron chi connectivity index (χ1n) is 6.45. The lowest BCUT2D eigenvalue weighted by Gasteiger charge is -2.32. The number of halogens is 3. The van der Waals surface area contributed by atoms with E-state index in [2.05, 4.69) is 17.4 Å². The van der Waals surface area contributed by atoms with E-state index >= 15 is 0 Å². The molecule has 1 aromatic carbocycles. The summed E-state index contributed by atoms with van der Waals surface area (Å²) in [5.41, 5.74) is 5.09. The maximum Gasteiger partial charge on any atom is 0.0645 e. The Bertz CT molecular complexity index is 456. The fraction of sp³-hybridized carbons (Fsp3) is 0.600. The van der Waals surface area contributed by atoms with E-state index in [1.807, 2.05) is 27.7 Å². The van der Waals surface area contributed by atoms with Gasteiger partial charge < -0.3 is 5.32 Å². The molecule has 0 atom stereocenters. The second-order valence-electron chi connectivity index (χ2n) is 6.00.